The number of hydrogen-bond acceptors (Lipinski definition) is 1. The molecule has 0 saturated carbocycles. The molecule has 2 amide bonds. The number of piperidine rings is 1. The van der Waals surface area contributed by atoms with E-state index in [0.29, 0.717) is 31.5 Å². The van der Waals surface area contributed by atoms with Crippen LogP contribution >= 0.6 is 0 Å². The second kappa shape index (κ2) is 7.35. The minimum Gasteiger partial charge on any atom is -0.324 e. The van der Waals surface area contributed by atoms with Crippen LogP contribution in [-0.4, -0.2) is 24.0 Å². The molecule has 1 fully saturated rings. The monoisotopic (exact) mass is 366 g/mol. The van der Waals surface area contributed by atoms with Gasteiger partial charge in [-0.2, -0.15) is 13.2 Å². The van der Waals surface area contributed by atoms with Crippen LogP contribution in [0.15, 0.2) is 48.5 Å². The number of likely N-dealkylation sites (tertiary alicyclic amines) is 1. The lowest BCUT2D eigenvalue weighted by Gasteiger charge is -2.32. The van der Waals surface area contributed by atoms with Crippen LogP contribution in [-0.2, 0) is 6.18 Å². The average Bonchev–Trinajstić information content (AvgIpc) is 2.62. The smallest absolute Gasteiger partial charge is 0.324 e. The Labute approximate surface area is 148 Å². The molecule has 7 heteroatoms. The number of benzene rings is 2. The van der Waals surface area contributed by atoms with E-state index in [9.17, 15) is 22.4 Å². The molecule has 1 heterocycles. The maximum atomic E-state index is 13.9. The molecule has 0 aromatic heterocycles. The van der Waals surface area contributed by atoms with Gasteiger partial charge in [-0.1, -0.05) is 24.3 Å². The first kappa shape index (κ1) is 18.2. The Morgan fingerprint density at radius 3 is 2.38 bits per heavy atom. The molecule has 0 unspecified atom stereocenters. The minimum absolute atomic E-state index is 0.0359. The van der Waals surface area contributed by atoms with E-state index in [-0.39, 0.29) is 17.4 Å². The van der Waals surface area contributed by atoms with Gasteiger partial charge in [-0.3, -0.25) is 0 Å². The summed E-state index contributed by atoms with van der Waals surface area (Å²) in [5.41, 5.74) is -0.0694. The lowest BCUT2D eigenvalue weighted by Crippen LogP contribution is -2.40. The fraction of sp³-hybridized carbons (Fsp3) is 0.316. The summed E-state index contributed by atoms with van der Waals surface area (Å²) in [6.45, 7) is 0.841. The standard InChI is InChI=1S/C19H18F4N2O/c20-17-7-2-1-6-16(17)13-8-10-25(11-9-13)18(26)24-15-5-3-4-14(12-15)19(21,22)23/h1-7,12-13H,8-11H2,(H,24,26). The van der Waals surface area contributed by atoms with E-state index >= 15 is 0 Å². The lowest BCUT2D eigenvalue weighted by molar-refractivity contribution is -0.137. The van der Waals surface area contributed by atoms with Gasteiger partial charge in [0.05, 0.1) is 5.56 Å². The van der Waals surface area contributed by atoms with E-state index in [1.807, 2.05) is 0 Å². The number of amides is 2. The average molecular weight is 366 g/mol. The highest BCUT2D eigenvalue weighted by atomic mass is 19.4. The molecule has 0 spiro atoms. The van der Waals surface area contributed by atoms with Gasteiger partial charge < -0.3 is 10.2 Å². The van der Waals surface area contributed by atoms with Crippen LogP contribution in [0, 0.1) is 5.82 Å². The number of anilines is 1. The molecule has 2 aromatic rings. The largest absolute Gasteiger partial charge is 0.416 e. The molecule has 3 rings (SSSR count). The Morgan fingerprint density at radius 2 is 1.73 bits per heavy atom. The molecular formula is C19H18F4N2O. The Hall–Kier alpha value is -2.57. The van der Waals surface area contributed by atoms with Crippen molar-refractivity contribution < 1.29 is 22.4 Å². The van der Waals surface area contributed by atoms with Gasteiger partial charge in [0.1, 0.15) is 5.82 Å². The normalized spacial score (nSPS) is 15.8. The fourth-order valence-electron chi connectivity index (χ4n) is 3.18. The first-order valence-electron chi connectivity index (χ1n) is 8.32. The molecule has 1 saturated heterocycles. The Bertz CT molecular complexity index is 783. The minimum atomic E-state index is -4.46. The predicted octanol–water partition coefficient (Wildman–Crippen LogP) is 5.26. The van der Waals surface area contributed by atoms with Crippen molar-refractivity contribution in [3.05, 3.63) is 65.5 Å². The van der Waals surface area contributed by atoms with Crippen LogP contribution in [0.5, 0.6) is 0 Å². The van der Waals surface area contributed by atoms with Gasteiger partial charge in [0.2, 0.25) is 0 Å². The molecule has 2 aromatic carbocycles. The van der Waals surface area contributed by atoms with Crippen molar-refractivity contribution in [1.29, 1.82) is 0 Å². The van der Waals surface area contributed by atoms with Crippen LogP contribution in [0.4, 0.5) is 28.0 Å². The summed E-state index contributed by atoms with van der Waals surface area (Å²) in [4.78, 5) is 13.8. The van der Waals surface area contributed by atoms with E-state index in [1.54, 1.807) is 18.2 Å². The molecule has 1 aliphatic heterocycles. The highest BCUT2D eigenvalue weighted by Crippen LogP contribution is 2.32. The van der Waals surface area contributed by atoms with Crippen molar-refractivity contribution in [2.45, 2.75) is 24.9 Å². The topological polar surface area (TPSA) is 32.3 Å². The van der Waals surface area contributed by atoms with Gasteiger partial charge in [0.15, 0.2) is 0 Å². The highest BCUT2D eigenvalue weighted by molar-refractivity contribution is 5.89. The summed E-state index contributed by atoms with van der Waals surface area (Å²) in [7, 11) is 0. The number of nitrogens with zero attached hydrogens (tertiary/aromatic N) is 1. The molecule has 1 N–H and O–H groups in total. The second-order valence-corrected chi connectivity index (χ2v) is 6.29. The number of hydrogen-bond donors (Lipinski definition) is 1. The maximum Gasteiger partial charge on any atom is 0.416 e. The molecule has 0 atom stereocenters. The van der Waals surface area contributed by atoms with Crippen LogP contribution in [0.1, 0.15) is 29.9 Å². The van der Waals surface area contributed by atoms with E-state index in [0.717, 1.165) is 12.1 Å². The highest BCUT2D eigenvalue weighted by Gasteiger charge is 2.31. The van der Waals surface area contributed by atoms with Gasteiger partial charge in [-0.15, -0.1) is 0 Å². The summed E-state index contributed by atoms with van der Waals surface area (Å²) in [6, 6.07) is 10.7. The number of nitrogens with one attached hydrogen (secondary N) is 1. The maximum absolute atomic E-state index is 13.9. The first-order chi connectivity index (χ1) is 12.3. The predicted molar refractivity (Wildman–Crippen MR) is 90.4 cm³/mol. The van der Waals surface area contributed by atoms with Crippen molar-refractivity contribution in [1.82, 2.24) is 4.90 Å². The van der Waals surface area contributed by atoms with Crippen molar-refractivity contribution >= 4 is 11.7 Å². The molecule has 26 heavy (non-hydrogen) atoms. The Balaban J connectivity index is 1.60. The van der Waals surface area contributed by atoms with E-state index in [4.69, 9.17) is 0 Å². The molecule has 0 radical (unpaired) electrons. The number of rotatable bonds is 2. The van der Waals surface area contributed by atoms with Crippen LogP contribution in [0.25, 0.3) is 0 Å². The van der Waals surface area contributed by atoms with Crippen LogP contribution in [0.2, 0.25) is 0 Å². The summed E-state index contributed by atoms with van der Waals surface area (Å²) in [5, 5.41) is 2.50. The van der Waals surface area contributed by atoms with Crippen LogP contribution < -0.4 is 5.32 Å². The number of carbonyl (C=O) groups is 1. The molecular weight excluding hydrogens is 348 g/mol. The zero-order chi connectivity index (χ0) is 18.7. The van der Waals surface area contributed by atoms with Gasteiger partial charge in [-0.05, 0) is 48.6 Å². The third-order valence-corrected chi connectivity index (χ3v) is 4.57. The molecule has 3 nitrogen and oxygen atoms in total. The van der Waals surface area contributed by atoms with Gasteiger partial charge in [0, 0.05) is 18.8 Å². The summed E-state index contributed by atoms with van der Waals surface area (Å²) in [6.07, 6.45) is -3.24. The fourth-order valence-corrected chi connectivity index (χ4v) is 3.18. The van der Waals surface area contributed by atoms with Crippen molar-refractivity contribution in [3.8, 4) is 0 Å². The summed E-state index contributed by atoms with van der Waals surface area (Å²) < 4.78 is 52.1. The quantitative estimate of drug-likeness (QED) is 0.723. The second-order valence-electron chi connectivity index (χ2n) is 6.29. The third kappa shape index (κ3) is 4.15. The van der Waals surface area contributed by atoms with Gasteiger partial charge in [0.25, 0.3) is 0 Å². The zero-order valence-corrected chi connectivity index (χ0v) is 13.9. The van der Waals surface area contributed by atoms with Gasteiger partial charge >= 0.3 is 12.2 Å². The van der Waals surface area contributed by atoms with Crippen LogP contribution in [0.3, 0.4) is 0 Å². The number of carbonyl (C=O) groups excluding carboxylic acids is 1. The SMILES string of the molecule is O=C(Nc1cccc(C(F)(F)F)c1)N1CCC(c2ccccc2F)CC1. The van der Waals surface area contributed by atoms with Crippen molar-refractivity contribution in [2.24, 2.45) is 0 Å². The van der Waals surface area contributed by atoms with Crippen molar-refractivity contribution in [2.75, 3.05) is 18.4 Å². The van der Waals surface area contributed by atoms with E-state index in [2.05, 4.69) is 5.32 Å². The van der Waals surface area contributed by atoms with Crippen molar-refractivity contribution in [3.63, 3.8) is 0 Å². The molecule has 1 aliphatic rings. The molecule has 0 bridgehead atoms. The summed E-state index contributed by atoms with van der Waals surface area (Å²) >= 11 is 0. The zero-order valence-electron chi connectivity index (χ0n) is 13.9. The van der Waals surface area contributed by atoms with E-state index in [1.165, 1.54) is 23.1 Å². The number of halogens is 4. The molecule has 0 aliphatic carbocycles. The van der Waals surface area contributed by atoms with E-state index < -0.39 is 17.8 Å². The van der Waals surface area contributed by atoms with Gasteiger partial charge in [-0.25, -0.2) is 9.18 Å². The first-order valence-corrected chi connectivity index (χ1v) is 8.32. The molecule has 138 valence electrons. The third-order valence-electron chi connectivity index (χ3n) is 4.57. The Kier molecular flexibility index (Phi) is 5.15. The lowest BCUT2D eigenvalue weighted by atomic mass is 9.89. The Morgan fingerprint density at radius 1 is 1.04 bits per heavy atom. The number of alkyl halides is 3. The number of urea groups is 1. The summed E-state index contributed by atoms with van der Waals surface area (Å²) in [5.74, 6) is -0.215.